The first-order chi connectivity index (χ1) is 8.97. The minimum atomic E-state index is -3.02. The highest BCUT2D eigenvalue weighted by atomic mass is 32.2. The Balaban J connectivity index is 2.07. The lowest BCUT2D eigenvalue weighted by atomic mass is 10.0. The van der Waals surface area contributed by atoms with Crippen LogP contribution >= 0.6 is 0 Å². The normalized spacial score (nSPS) is 14.2. The summed E-state index contributed by atoms with van der Waals surface area (Å²) in [6.45, 7) is 1.25. The lowest BCUT2D eigenvalue weighted by Gasteiger charge is -2.21. The molecule has 0 aromatic heterocycles. The van der Waals surface area contributed by atoms with Gasteiger partial charge < -0.3 is 10.1 Å². The molecular weight excluding hydrogens is 266 g/mol. The highest BCUT2D eigenvalue weighted by Crippen LogP contribution is 2.32. The van der Waals surface area contributed by atoms with Gasteiger partial charge in [0.1, 0.15) is 16.4 Å². The van der Waals surface area contributed by atoms with Gasteiger partial charge in [-0.2, -0.15) is 0 Å². The van der Waals surface area contributed by atoms with Gasteiger partial charge in [-0.15, -0.1) is 0 Å². The summed E-state index contributed by atoms with van der Waals surface area (Å²) in [4.78, 5) is 12.1. The van der Waals surface area contributed by atoms with E-state index in [-0.39, 0.29) is 18.0 Å². The SMILES string of the molecule is CS(=O)(=O)CCCC(=O)c1cccc2c1OCCN2. The quantitative estimate of drug-likeness (QED) is 0.829. The van der Waals surface area contributed by atoms with E-state index >= 15 is 0 Å². The van der Waals surface area contributed by atoms with E-state index in [4.69, 9.17) is 4.74 Å². The number of para-hydroxylation sites is 1. The molecule has 0 unspecified atom stereocenters. The predicted molar refractivity (Wildman–Crippen MR) is 73.7 cm³/mol. The van der Waals surface area contributed by atoms with Gasteiger partial charge in [-0.25, -0.2) is 8.42 Å². The Bertz CT molecular complexity index is 580. The van der Waals surface area contributed by atoms with Crippen molar-refractivity contribution >= 4 is 21.3 Å². The molecule has 1 aliphatic heterocycles. The van der Waals surface area contributed by atoms with Crippen molar-refractivity contribution in [3.63, 3.8) is 0 Å². The molecule has 6 heteroatoms. The third kappa shape index (κ3) is 3.70. The number of sulfone groups is 1. The van der Waals surface area contributed by atoms with E-state index in [9.17, 15) is 13.2 Å². The van der Waals surface area contributed by atoms with E-state index in [1.807, 2.05) is 6.07 Å². The van der Waals surface area contributed by atoms with Crippen molar-refractivity contribution in [2.24, 2.45) is 0 Å². The van der Waals surface area contributed by atoms with Crippen LogP contribution in [0.15, 0.2) is 18.2 Å². The molecule has 1 aromatic carbocycles. The Labute approximate surface area is 112 Å². The molecule has 0 radical (unpaired) electrons. The zero-order valence-corrected chi connectivity index (χ0v) is 11.6. The number of carbonyl (C=O) groups is 1. The molecule has 0 saturated carbocycles. The fourth-order valence-electron chi connectivity index (χ4n) is 2.02. The molecule has 104 valence electrons. The van der Waals surface area contributed by atoms with Crippen molar-refractivity contribution in [3.8, 4) is 5.75 Å². The minimum Gasteiger partial charge on any atom is -0.489 e. The van der Waals surface area contributed by atoms with Gasteiger partial charge in [0.15, 0.2) is 11.5 Å². The van der Waals surface area contributed by atoms with Crippen molar-refractivity contribution in [3.05, 3.63) is 23.8 Å². The van der Waals surface area contributed by atoms with Crippen molar-refractivity contribution in [2.75, 3.05) is 30.5 Å². The molecular formula is C13H17NO4S. The molecule has 1 aliphatic rings. The van der Waals surface area contributed by atoms with Crippen molar-refractivity contribution < 1.29 is 17.9 Å². The van der Waals surface area contributed by atoms with E-state index in [0.717, 1.165) is 12.2 Å². The third-order valence-corrected chi connectivity index (χ3v) is 3.93. The molecule has 19 heavy (non-hydrogen) atoms. The van der Waals surface area contributed by atoms with Crippen molar-refractivity contribution in [1.29, 1.82) is 0 Å². The molecule has 0 amide bonds. The standard InChI is InChI=1S/C13H17NO4S/c1-19(16,17)9-3-6-12(15)10-4-2-5-11-13(10)18-8-7-14-11/h2,4-5,14H,3,6-9H2,1H3. The van der Waals surface area contributed by atoms with Gasteiger partial charge in [-0.05, 0) is 18.6 Å². The molecule has 0 aliphatic carbocycles. The van der Waals surface area contributed by atoms with E-state index in [0.29, 0.717) is 24.3 Å². The largest absolute Gasteiger partial charge is 0.489 e. The summed E-state index contributed by atoms with van der Waals surface area (Å²) in [6.07, 6.45) is 1.73. The lowest BCUT2D eigenvalue weighted by molar-refractivity contribution is 0.0978. The van der Waals surface area contributed by atoms with Crippen LogP contribution in [0.25, 0.3) is 0 Å². The highest BCUT2D eigenvalue weighted by molar-refractivity contribution is 7.90. The topological polar surface area (TPSA) is 72.5 Å². The number of Topliss-reactive ketones (excluding diaryl/α,β-unsaturated/α-hetero) is 1. The van der Waals surface area contributed by atoms with Gasteiger partial charge in [0, 0.05) is 19.2 Å². The first-order valence-corrected chi connectivity index (χ1v) is 8.24. The van der Waals surface area contributed by atoms with Crippen molar-refractivity contribution in [2.45, 2.75) is 12.8 Å². The number of fused-ring (bicyclic) bond motifs is 1. The molecule has 1 heterocycles. The van der Waals surface area contributed by atoms with Crippen LogP contribution in [0.3, 0.4) is 0 Å². The van der Waals surface area contributed by atoms with Gasteiger partial charge in [0.25, 0.3) is 0 Å². The number of nitrogens with one attached hydrogen (secondary N) is 1. The average Bonchev–Trinajstić information content (AvgIpc) is 2.36. The van der Waals surface area contributed by atoms with Crippen molar-refractivity contribution in [1.82, 2.24) is 0 Å². The number of rotatable bonds is 5. The fraction of sp³-hybridized carbons (Fsp3) is 0.462. The molecule has 1 aromatic rings. The lowest BCUT2D eigenvalue weighted by Crippen LogP contribution is -2.20. The Morgan fingerprint density at radius 2 is 2.21 bits per heavy atom. The summed E-state index contributed by atoms with van der Waals surface area (Å²) < 4.78 is 27.6. The summed E-state index contributed by atoms with van der Waals surface area (Å²) in [5.41, 5.74) is 1.35. The van der Waals surface area contributed by atoms with Crippen LogP contribution in [-0.2, 0) is 9.84 Å². The number of hydrogen-bond acceptors (Lipinski definition) is 5. The van der Waals surface area contributed by atoms with Crippen LogP contribution in [0, 0.1) is 0 Å². The molecule has 0 atom stereocenters. The molecule has 5 nitrogen and oxygen atoms in total. The number of benzene rings is 1. The van der Waals surface area contributed by atoms with Crippen LogP contribution in [0.4, 0.5) is 5.69 Å². The first kappa shape index (κ1) is 13.9. The zero-order chi connectivity index (χ0) is 13.9. The number of ether oxygens (including phenoxy) is 1. The Morgan fingerprint density at radius 3 is 2.95 bits per heavy atom. The van der Waals surface area contributed by atoms with Crippen LogP contribution in [0.1, 0.15) is 23.2 Å². The maximum atomic E-state index is 12.1. The minimum absolute atomic E-state index is 0.0346. The maximum absolute atomic E-state index is 12.1. The zero-order valence-electron chi connectivity index (χ0n) is 10.8. The van der Waals surface area contributed by atoms with Crippen LogP contribution in [0.2, 0.25) is 0 Å². The Morgan fingerprint density at radius 1 is 1.42 bits per heavy atom. The van der Waals surface area contributed by atoms with E-state index in [2.05, 4.69) is 5.32 Å². The molecule has 0 spiro atoms. The maximum Gasteiger partial charge on any atom is 0.166 e. The third-order valence-electron chi connectivity index (χ3n) is 2.90. The van der Waals surface area contributed by atoms with Crippen LogP contribution < -0.4 is 10.1 Å². The summed E-state index contributed by atoms with van der Waals surface area (Å²) >= 11 is 0. The van der Waals surface area contributed by atoms with Gasteiger partial charge in [0.05, 0.1) is 17.0 Å². The molecule has 0 saturated heterocycles. The van der Waals surface area contributed by atoms with E-state index < -0.39 is 9.84 Å². The second-order valence-electron chi connectivity index (χ2n) is 4.61. The number of carbonyl (C=O) groups excluding carboxylic acids is 1. The number of hydrogen-bond donors (Lipinski definition) is 1. The number of anilines is 1. The monoisotopic (exact) mass is 283 g/mol. The highest BCUT2D eigenvalue weighted by Gasteiger charge is 2.18. The van der Waals surface area contributed by atoms with Crippen LogP contribution in [-0.4, -0.2) is 39.4 Å². The summed E-state index contributed by atoms with van der Waals surface area (Å²) in [5.74, 6) is 0.537. The summed E-state index contributed by atoms with van der Waals surface area (Å²) in [7, 11) is -3.02. The average molecular weight is 283 g/mol. The predicted octanol–water partition coefficient (Wildman–Crippen LogP) is 1.50. The second kappa shape index (κ2) is 5.61. The molecule has 0 fully saturated rings. The first-order valence-electron chi connectivity index (χ1n) is 6.18. The van der Waals surface area contributed by atoms with Crippen LogP contribution in [0.5, 0.6) is 5.75 Å². The molecule has 2 rings (SSSR count). The Kier molecular flexibility index (Phi) is 4.09. The second-order valence-corrected chi connectivity index (χ2v) is 6.87. The van der Waals surface area contributed by atoms with Gasteiger partial charge >= 0.3 is 0 Å². The Hall–Kier alpha value is -1.56. The smallest absolute Gasteiger partial charge is 0.166 e. The van der Waals surface area contributed by atoms with E-state index in [1.165, 1.54) is 6.26 Å². The van der Waals surface area contributed by atoms with Gasteiger partial charge in [0.2, 0.25) is 0 Å². The van der Waals surface area contributed by atoms with Gasteiger partial charge in [-0.3, -0.25) is 4.79 Å². The summed E-state index contributed by atoms with van der Waals surface area (Å²) in [5, 5.41) is 3.17. The number of ketones is 1. The molecule has 0 bridgehead atoms. The fourth-order valence-corrected chi connectivity index (χ4v) is 2.69. The molecule has 1 N–H and O–H groups in total. The van der Waals surface area contributed by atoms with E-state index in [1.54, 1.807) is 12.1 Å². The summed E-state index contributed by atoms with van der Waals surface area (Å²) in [6, 6.07) is 5.38. The van der Waals surface area contributed by atoms with Gasteiger partial charge in [-0.1, -0.05) is 6.07 Å².